The van der Waals surface area contributed by atoms with Crippen molar-refractivity contribution in [3.8, 4) is 0 Å². The zero-order chi connectivity index (χ0) is 22.9. The van der Waals surface area contributed by atoms with Crippen molar-refractivity contribution in [2.24, 2.45) is 5.73 Å². The summed E-state index contributed by atoms with van der Waals surface area (Å²) in [6.07, 6.45) is 0. The number of para-hydroxylation sites is 1. The van der Waals surface area contributed by atoms with E-state index < -0.39 is 31.4 Å². The normalized spacial score (nSPS) is 11.2. The molecule has 0 saturated heterocycles. The molecule has 1 amide bonds. The van der Waals surface area contributed by atoms with Gasteiger partial charge < -0.3 is 5.73 Å². The number of benzene rings is 3. The molecule has 0 aromatic heterocycles. The third-order valence-electron chi connectivity index (χ3n) is 4.16. The zero-order valence-corrected chi connectivity index (χ0v) is 18.4. The van der Waals surface area contributed by atoms with Gasteiger partial charge in [0, 0.05) is 12.1 Å². The molecule has 3 aromatic carbocycles. The zero-order valence-electron chi connectivity index (χ0n) is 15.3. The van der Waals surface area contributed by atoms with Crippen molar-refractivity contribution in [1.29, 1.82) is 0 Å². The number of carbonyl (C=O) groups is 1. The van der Waals surface area contributed by atoms with Gasteiger partial charge >= 0.3 is 0 Å². The van der Waals surface area contributed by atoms with Gasteiger partial charge in [0.05, 0.1) is 41.8 Å². The predicted molar refractivity (Wildman–Crippen MR) is 119 cm³/mol. The molecule has 0 aliphatic heterocycles. The van der Waals surface area contributed by atoms with Crippen LogP contribution in [0, 0.1) is 10.1 Å². The van der Waals surface area contributed by atoms with E-state index in [9.17, 15) is 23.3 Å². The van der Waals surface area contributed by atoms with Gasteiger partial charge in [-0.05, 0) is 30.3 Å². The molecule has 0 saturated carbocycles. The molecular formula is C19H12Cl3N3O5S. The lowest BCUT2D eigenvalue weighted by molar-refractivity contribution is -0.385. The number of nitrogens with zero attached hydrogens (tertiary/aromatic N) is 2. The third-order valence-corrected chi connectivity index (χ3v) is 7.09. The molecule has 0 heterocycles. The summed E-state index contributed by atoms with van der Waals surface area (Å²) >= 11 is 18.2. The monoisotopic (exact) mass is 499 g/mol. The Balaban J connectivity index is 2.36. The molecule has 0 bridgehead atoms. The van der Waals surface area contributed by atoms with E-state index in [-0.39, 0.29) is 32.0 Å². The van der Waals surface area contributed by atoms with Crippen molar-refractivity contribution in [2.75, 3.05) is 4.31 Å². The number of non-ortho nitro benzene ring substituents is 1. The lowest BCUT2D eigenvalue weighted by atomic mass is 10.1. The van der Waals surface area contributed by atoms with E-state index in [2.05, 4.69) is 0 Å². The fourth-order valence-corrected chi connectivity index (χ4v) is 4.91. The summed E-state index contributed by atoms with van der Waals surface area (Å²) in [5.74, 6) is -0.888. The number of sulfonamides is 1. The fourth-order valence-electron chi connectivity index (χ4n) is 2.79. The lowest BCUT2D eigenvalue weighted by Crippen LogP contribution is -2.29. The second kappa shape index (κ2) is 8.72. The van der Waals surface area contributed by atoms with Crippen LogP contribution in [0.15, 0.2) is 65.6 Å². The second-order valence-electron chi connectivity index (χ2n) is 6.13. The number of halogens is 3. The number of primary amides is 1. The maximum Gasteiger partial charge on any atom is 0.270 e. The maximum absolute atomic E-state index is 13.6. The quantitative estimate of drug-likeness (QED) is 0.284. The van der Waals surface area contributed by atoms with E-state index in [0.717, 1.165) is 16.4 Å². The number of amides is 1. The Kier molecular flexibility index (Phi) is 6.42. The molecule has 0 radical (unpaired) electrons. The highest BCUT2D eigenvalue weighted by atomic mass is 35.5. The number of hydrogen-bond donors (Lipinski definition) is 1. The molecule has 0 aliphatic carbocycles. The molecule has 0 unspecified atom stereocenters. The minimum Gasteiger partial charge on any atom is -0.366 e. The smallest absolute Gasteiger partial charge is 0.270 e. The molecule has 0 fully saturated rings. The van der Waals surface area contributed by atoms with Crippen molar-refractivity contribution in [1.82, 2.24) is 0 Å². The number of rotatable bonds is 6. The number of nitro groups is 1. The van der Waals surface area contributed by atoms with E-state index >= 15 is 0 Å². The Morgan fingerprint density at radius 2 is 1.58 bits per heavy atom. The van der Waals surface area contributed by atoms with Crippen molar-refractivity contribution in [3.05, 3.63) is 91.4 Å². The molecule has 0 atom stereocenters. The topological polar surface area (TPSA) is 124 Å². The number of nitro benzene ring substituents is 1. The predicted octanol–water partition coefficient (Wildman–Crippen LogP) is 5.18. The highest BCUT2D eigenvalue weighted by Crippen LogP contribution is 2.41. The molecule has 160 valence electrons. The molecule has 0 spiro atoms. The number of anilines is 2. The summed E-state index contributed by atoms with van der Waals surface area (Å²) in [7, 11) is -4.50. The van der Waals surface area contributed by atoms with Gasteiger partial charge in [-0.25, -0.2) is 12.7 Å². The van der Waals surface area contributed by atoms with Crippen LogP contribution >= 0.6 is 34.8 Å². The average molecular weight is 501 g/mol. The highest BCUT2D eigenvalue weighted by Gasteiger charge is 2.31. The van der Waals surface area contributed by atoms with Crippen LogP contribution in [0.25, 0.3) is 0 Å². The summed E-state index contributed by atoms with van der Waals surface area (Å²) in [6.45, 7) is 0. The average Bonchev–Trinajstić information content (AvgIpc) is 2.72. The first-order valence-electron chi connectivity index (χ1n) is 8.37. The van der Waals surface area contributed by atoms with Crippen LogP contribution in [0.3, 0.4) is 0 Å². The summed E-state index contributed by atoms with van der Waals surface area (Å²) in [6, 6.07) is 12.6. The number of nitrogens with two attached hydrogens (primary N) is 1. The Hall–Kier alpha value is -2.85. The van der Waals surface area contributed by atoms with Crippen molar-refractivity contribution >= 4 is 67.8 Å². The minimum atomic E-state index is -4.50. The first-order chi connectivity index (χ1) is 14.5. The van der Waals surface area contributed by atoms with Gasteiger partial charge in [-0.1, -0.05) is 53.0 Å². The Morgan fingerprint density at radius 3 is 2.16 bits per heavy atom. The molecule has 3 aromatic rings. The molecular weight excluding hydrogens is 489 g/mol. The molecule has 8 nitrogen and oxygen atoms in total. The Bertz CT molecular complexity index is 1290. The van der Waals surface area contributed by atoms with Gasteiger partial charge in [-0.15, -0.1) is 0 Å². The first kappa shape index (κ1) is 22.8. The van der Waals surface area contributed by atoms with E-state index in [1.807, 2.05) is 0 Å². The number of hydrogen-bond acceptors (Lipinski definition) is 5. The van der Waals surface area contributed by atoms with Crippen LogP contribution in [0.4, 0.5) is 17.1 Å². The van der Waals surface area contributed by atoms with Crippen LogP contribution in [-0.4, -0.2) is 19.2 Å². The van der Waals surface area contributed by atoms with Gasteiger partial charge in [0.1, 0.15) is 0 Å². The van der Waals surface area contributed by atoms with E-state index in [1.165, 1.54) is 48.5 Å². The van der Waals surface area contributed by atoms with Gasteiger partial charge in [0.15, 0.2) is 0 Å². The molecule has 12 heteroatoms. The fraction of sp³-hybridized carbons (Fsp3) is 0. The molecule has 2 N–H and O–H groups in total. The van der Waals surface area contributed by atoms with Gasteiger partial charge in [0.25, 0.3) is 21.6 Å². The Morgan fingerprint density at radius 1 is 0.968 bits per heavy atom. The van der Waals surface area contributed by atoms with Gasteiger partial charge in [-0.3, -0.25) is 14.9 Å². The van der Waals surface area contributed by atoms with Crippen molar-refractivity contribution < 1.29 is 18.1 Å². The minimum absolute atomic E-state index is 0.00275. The summed E-state index contributed by atoms with van der Waals surface area (Å²) < 4.78 is 28.0. The second-order valence-corrected chi connectivity index (χ2v) is 9.11. The standard InChI is InChI=1S/C19H12Cl3N3O5S/c20-15-9-12(10-16(21)18(15)22)24(17-7-2-1-6-14(17)19(23)26)31(29,30)13-5-3-4-11(8-13)25(27)28/h1-10H,(H2,23,26). The van der Waals surface area contributed by atoms with Crippen LogP contribution in [0.1, 0.15) is 10.4 Å². The largest absolute Gasteiger partial charge is 0.366 e. The molecule has 31 heavy (non-hydrogen) atoms. The van der Waals surface area contributed by atoms with Crippen LogP contribution in [0.5, 0.6) is 0 Å². The van der Waals surface area contributed by atoms with Crippen LogP contribution < -0.4 is 10.0 Å². The summed E-state index contributed by atoms with van der Waals surface area (Å²) in [5, 5.41) is 11.1. The molecule has 3 rings (SSSR count). The highest BCUT2D eigenvalue weighted by molar-refractivity contribution is 7.93. The van der Waals surface area contributed by atoms with E-state index in [4.69, 9.17) is 40.5 Å². The summed E-state index contributed by atoms with van der Waals surface area (Å²) in [4.78, 5) is 22.0. The maximum atomic E-state index is 13.6. The SMILES string of the molecule is NC(=O)c1ccccc1N(c1cc(Cl)c(Cl)c(Cl)c1)S(=O)(=O)c1cccc([N+](=O)[O-])c1. The Labute approximate surface area is 191 Å². The third kappa shape index (κ3) is 4.45. The van der Waals surface area contributed by atoms with Crippen LogP contribution in [-0.2, 0) is 10.0 Å². The van der Waals surface area contributed by atoms with Crippen LogP contribution in [0.2, 0.25) is 15.1 Å². The summed E-state index contributed by atoms with van der Waals surface area (Å²) in [5.41, 5.74) is 4.73. The van der Waals surface area contributed by atoms with Gasteiger partial charge in [0.2, 0.25) is 0 Å². The van der Waals surface area contributed by atoms with Gasteiger partial charge in [-0.2, -0.15) is 0 Å². The molecule has 0 aliphatic rings. The van der Waals surface area contributed by atoms with E-state index in [0.29, 0.717) is 0 Å². The number of carbonyl (C=O) groups excluding carboxylic acids is 1. The van der Waals surface area contributed by atoms with E-state index in [1.54, 1.807) is 0 Å². The lowest BCUT2D eigenvalue weighted by Gasteiger charge is -2.26. The first-order valence-corrected chi connectivity index (χ1v) is 10.9. The van der Waals surface area contributed by atoms with Crippen molar-refractivity contribution in [2.45, 2.75) is 4.90 Å². The van der Waals surface area contributed by atoms with Crippen molar-refractivity contribution in [3.63, 3.8) is 0 Å².